The van der Waals surface area contributed by atoms with Crippen molar-refractivity contribution in [3.05, 3.63) is 12.0 Å². The molecule has 0 radical (unpaired) electrons. The number of nitrogens with zero attached hydrogens (tertiary/aromatic N) is 2. The summed E-state index contributed by atoms with van der Waals surface area (Å²) in [4.78, 5) is 6.54. The second kappa shape index (κ2) is 4.66. The van der Waals surface area contributed by atoms with E-state index in [0.29, 0.717) is 22.4 Å². The zero-order valence-electron chi connectivity index (χ0n) is 8.94. The number of hydrogen-bond acceptors (Lipinski definition) is 4. The number of anilines is 1. The van der Waals surface area contributed by atoms with Crippen molar-refractivity contribution in [2.24, 2.45) is 0 Å². The second-order valence-corrected chi connectivity index (χ2v) is 6.07. The van der Waals surface area contributed by atoms with Gasteiger partial charge in [0.15, 0.2) is 0 Å². The standard InChI is InChI=1S/C10H15ClN2OS/c1-7-4-13(5-8(2)15-7)10-12-9(3-11)6-14-10/h6-8H,3-5H2,1-2H3. The minimum atomic E-state index is 0.414. The normalized spacial score (nSPS) is 27.0. The smallest absolute Gasteiger partial charge is 0.297 e. The number of alkyl halides is 1. The third-order valence-electron chi connectivity index (χ3n) is 2.37. The highest BCUT2D eigenvalue weighted by Crippen LogP contribution is 2.28. The Morgan fingerprint density at radius 2 is 2.20 bits per heavy atom. The quantitative estimate of drug-likeness (QED) is 0.751. The average Bonchev–Trinajstić information content (AvgIpc) is 2.64. The summed E-state index contributed by atoms with van der Waals surface area (Å²) in [6.07, 6.45) is 1.64. The summed E-state index contributed by atoms with van der Waals surface area (Å²) in [5.41, 5.74) is 0.810. The Hall–Kier alpha value is -0.350. The van der Waals surface area contributed by atoms with Crippen molar-refractivity contribution >= 4 is 29.4 Å². The molecule has 1 aromatic rings. The molecule has 2 unspecified atom stereocenters. The van der Waals surface area contributed by atoms with E-state index in [1.54, 1.807) is 6.26 Å². The molecule has 1 fully saturated rings. The zero-order valence-corrected chi connectivity index (χ0v) is 10.5. The van der Waals surface area contributed by atoms with Gasteiger partial charge in [0, 0.05) is 23.6 Å². The summed E-state index contributed by atoms with van der Waals surface area (Å²) in [5, 5.41) is 1.25. The van der Waals surface area contributed by atoms with E-state index in [-0.39, 0.29) is 0 Å². The summed E-state index contributed by atoms with van der Waals surface area (Å²) in [6.45, 7) is 6.46. The van der Waals surface area contributed by atoms with Gasteiger partial charge in [0.05, 0.1) is 11.6 Å². The zero-order chi connectivity index (χ0) is 10.8. The molecule has 1 aliphatic rings. The molecule has 0 aliphatic carbocycles. The van der Waals surface area contributed by atoms with Crippen molar-refractivity contribution in [3.63, 3.8) is 0 Å². The molecular weight excluding hydrogens is 232 g/mol. The lowest BCUT2D eigenvalue weighted by molar-refractivity contribution is 0.526. The maximum Gasteiger partial charge on any atom is 0.297 e. The molecule has 3 nitrogen and oxygen atoms in total. The van der Waals surface area contributed by atoms with Gasteiger partial charge in [-0.05, 0) is 0 Å². The van der Waals surface area contributed by atoms with Gasteiger partial charge < -0.3 is 9.32 Å². The van der Waals surface area contributed by atoms with E-state index >= 15 is 0 Å². The molecule has 0 saturated carbocycles. The molecule has 0 N–H and O–H groups in total. The first-order valence-corrected chi connectivity index (χ1v) is 6.57. The molecule has 1 aromatic heterocycles. The van der Waals surface area contributed by atoms with Crippen LogP contribution >= 0.6 is 23.4 Å². The van der Waals surface area contributed by atoms with Crippen molar-refractivity contribution in [1.82, 2.24) is 4.98 Å². The fourth-order valence-electron chi connectivity index (χ4n) is 1.84. The lowest BCUT2D eigenvalue weighted by Crippen LogP contribution is -2.40. The first-order chi connectivity index (χ1) is 7.19. The molecule has 0 spiro atoms. The molecule has 2 rings (SSSR count). The number of halogens is 1. The van der Waals surface area contributed by atoms with Gasteiger partial charge in [0.2, 0.25) is 0 Å². The number of thioether (sulfide) groups is 1. The van der Waals surface area contributed by atoms with Gasteiger partial charge >= 0.3 is 0 Å². The molecule has 1 aliphatic heterocycles. The lowest BCUT2D eigenvalue weighted by Gasteiger charge is -2.33. The summed E-state index contributed by atoms with van der Waals surface area (Å²) in [7, 11) is 0. The van der Waals surface area contributed by atoms with Crippen molar-refractivity contribution in [2.45, 2.75) is 30.2 Å². The molecule has 0 amide bonds. The summed E-state index contributed by atoms with van der Waals surface area (Å²) < 4.78 is 5.41. The Labute approximate surface area is 99.2 Å². The largest absolute Gasteiger partial charge is 0.432 e. The van der Waals surface area contributed by atoms with Crippen molar-refractivity contribution in [2.75, 3.05) is 18.0 Å². The van der Waals surface area contributed by atoms with Gasteiger partial charge in [-0.2, -0.15) is 16.7 Å². The minimum absolute atomic E-state index is 0.414. The third-order valence-corrected chi connectivity index (χ3v) is 3.87. The maximum absolute atomic E-state index is 5.69. The van der Waals surface area contributed by atoms with Crippen molar-refractivity contribution in [1.29, 1.82) is 0 Å². The van der Waals surface area contributed by atoms with Gasteiger partial charge in [0.25, 0.3) is 6.01 Å². The Kier molecular flexibility index (Phi) is 3.46. The van der Waals surface area contributed by atoms with Crippen LogP contribution in [-0.4, -0.2) is 28.6 Å². The van der Waals surface area contributed by atoms with Crippen LogP contribution in [0.3, 0.4) is 0 Å². The first kappa shape index (κ1) is 11.1. The number of rotatable bonds is 2. The molecule has 15 heavy (non-hydrogen) atoms. The van der Waals surface area contributed by atoms with Crippen LogP contribution in [0, 0.1) is 0 Å². The molecule has 5 heteroatoms. The number of oxazole rings is 1. The van der Waals surface area contributed by atoms with E-state index < -0.39 is 0 Å². The van der Waals surface area contributed by atoms with Gasteiger partial charge in [-0.1, -0.05) is 13.8 Å². The fourth-order valence-corrected chi connectivity index (χ4v) is 3.28. The van der Waals surface area contributed by atoms with Crippen LogP contribution in [0.5, 0.6) is 0 Å². The van der Waals surface area contributed by atoms with Crippen LogP contribution < -0.4 is 4.90 Å². The molecule has 2 atom stereocenters. The van der Waals surface area contributed by atoms with Gasteiger partial charge in [-0.25, -0.2) is 0 Å². The molecule has 0 aromatic carbocycles. The fraction of sp³-hybridized carbons (Fsp3) is 0.700. The highest BCUT2D eigenvalue weighted by Gasteiger charge is 2.25. The van der Waals surface area contributed by atoms with Crippen LogP contribution in [0.2, 0.25) is 0 Å². The molecule has 0 bridgehead atoms. The van der Waals surface area contributed by atoms with Crippen LogP contribution in [0.4, 0.5) is 6.01 Å². The summed E-state index contributed by atoms with van der Waals surface area (Å²) in [5.74, 6) is 0.414. The molecule has 1 saturated heterocycles. The van der Waals surface area contributed by atoms with Gasteiger partial charge in [0.1, 0.15) is 6.26 Å². The second-order valence-electron chi connectivity index (χ2n) is 3.92. The van der Waals surface area contributed by atoms with E-state index in [1.807, 2.05) is 11.8 Å². The lowest BCUT2D eigenvalue weighted by atomic mass is 10.3. The number of hydrogen-bond donors (Lipinski definition) is 0. The van der Waals surface area contributed by atoms with E-state index in [0.717, 1.165) is 18.8 Å². The van der Waals surface area contributed by atoms with E-state index in [1.165, 1.54) is 0 Å². The maximum atomic E-state index is 5.69. The highest BCUT2D eigenvalue weighted by atomic mass is 35.5. The Balaban J connectivity index is 2.09. The third kappa shape index (κ3) is 2.61. The SMILES string of the molecule is CC1CN(c2nc(CCl)co2)CC(C)S1. The summed E-state index contributed by atoms with van der Waals surface area (Å²) in [6, 6.07) is 0.713. The Morgan fingerprint density at radius 3 is 2.73 bits per heavy atom. The van der Waals surface area contributed by atoms with Gasteiger partial charge in [-0.3, -0.25) is 0 Å². The van der Waals surface area contributed by atoms with Crippen LogP contribution in [0.15, 0.2) is 10.7 Å². The van der Waals surface area contributed by atoms with E-state index in [2.05, 4.69) is 23.7 Å². The predicted molar refractivity (Wildman–Crippen MR) is 64.8 cm³/mol. The van der Waals surface area contributed by atoms with Crippen molar-refractivity contribution < 1.29 is 4.42 Å². The minimum Gasteiger partial charge on any atom is -0.432 e. The van der Waals surface area contributed by atoms with Crippen LogP contribution in [0.1, 0.15) is 19.5 Å². The van der Waals surface area contributed by atoms with Crippen molar-refractivity contribution in [3.8, 4) is 0 Å². The van der Waals surface area contributed by atoms with Crippen LogP contribution in [0.25, 0.3) is 0 Å². The van der Waals surface area contributed by atoms with Gasteiger partial charge in [-0.15, -0.1) is 11.6 Å². The number of aromatic nitrogens is 1. The van der Waals surface area contributed by atoms with Crippen LogP contribution in [-0.2, 0) is 5.88 Å². The van der Waals surface area contributed by atoms with E-state index in [9.17, 15) is 0 Å². The van der Waals surface area contributed by atoms with E-state index in [4.69, 9.17) is 16.0 Å². The average molecular weight is 247 g/mol. The Morgan fingerprint density at radius 1 is 1.53 bits per heavy atom. The Bertz CT molecular complexity index is 321. The summed E-state index contributed by atoms with van der Waals surface area (Å²) >= 11 is 7.71. The topological polar surface area (TPSA) is 29.3 Å². The highest BCUT2D eigenvalue weighted by molar-refractivity contribution is 8.00. The first-order valence-electron chi connectivity index (χ1n) is 5.10. The monoisotopic (exact) mass is 246 g/mol. The predicted octanol–water partition coefficient (Wildman–Crippen LogP) is 2.74. The molecule has 84 valence electrons. The molecule has 2 heterocycles. The molecular formula is C10H15ClN2OS.